The lowest BCUT2D eigenvalue weighted by molar-refractivity contribution is -0.133. The number of carbonyl (C=O) groups excluding carboxylic acids is 1. The zero-order chi connectivity index (χ0) is 16.3. The van der Waals surface area contributed by atoms with E-state index in [2.05, 4.69) is 5.32 Å². The van der Waals surface area contributed by atoms with Crippen LogP contribution >= 0.6 is 0 Å². The predicted molar refractivity (Wildman–Crippen MR) is 80.3 cm³/mol. The van der Waals surface area contributed by atoms with Crippen molar-refractivity contribution in [2.45, 2.75) is 52.6 Å². The van der Waals surface area contributed by atoms with Crippen molar-refractivity contribution in [1.82, 2.24) is 5.32 Å². The minimum absolute atomic E-state index is 0.0117. The Hall–Kier alpha value is -0.660. The quantitative estimate of drug-likeness (QED) is 0.675. The van der Waals surface area contributed by atoms with E-state index >= 15 is 0 Å². The lowest BCUT2D eigenvalue weighted by Gasteiger charge is -2.37. The first-order valence-corrected chi connectivity index (χ1v) is 9.07. The molecular formula is C14H27NO5S. The molecule has 1 fully saturated rings. The molecule has 0 radical (unpaired) electrons. The van der Waals surface area contributed by atoms with Gasteiger partial charge in [-0.15, -0.1) is 0 Å². The highest BCUT2D eigenvalue weighted by atomic mass is 32.2. The second-order valence-electron chi connectivity index (χ2n) is 6.64. The second kappa shape index (κ2) is 7.07. The molecule has 1 rings (SSSR count). The van der Waals surface area contributed by atoms with Gasteiger partial charge in [0.15, 0.2) is 0 Å². The molecule has 6 nitrogen and oxygen atoms in total. The van der Waals surface area contributed by atoms with Crippen molar-refractivity contribution in [2.24, 2.45) is 17.3 Å². The van der Waals surface area contributed by atoms with Gasteiger partial charge < -0.3 is 10.4 Å². The normalized spacial score (nSPS) is 34.8. The molecule has 0 heterocycles. The summed E-state index contributed by atoms with van der Waals surface area (Å²) in [7, 11) is -4.06. The van der Waals surface area contributed by atoms with Crippen LogP contribution < -0.4 is 5.32 Å². The van der Waals surface area contributed by atoms with Crippen molar-refractivity contribution in [1.29, 1.82) is 0 Å². The SMILES string of the molecule is CC1CCCC(C)(C(=O)NCCS(=O)(=O)O)C[C@@H](C)C1O. The third-order valence-electron chi connectivity index (χ3n) is 4.52. The summed E-state index contributed by atoms with van der Waals surface area (Å²) in [5.74, 6) is -0.450. The zero-order valence-corrected chi connectivity index (χ0v) is 13.8. The Morgan fingerprint density at radius 1 is 1.33 bits per heavy atom. The monoisotopic (exact) mass is 321 g/mol. The highest BCUT2D eigenvalue weighted by molar-refractivity contribution is 7.85. The lowest BCUT2D eigenvalue weighted by atomic mass is 9.70. The first-order valence-electron chi connectivity index (χ1n) is 7.47. The number of hydrogen-bond acceptors (Lipinski definition) is 4. The van der Waals surface area contributed by atoms with Gasteiger partial charge in [-0.1, -0.05) is 27.2 Å². The van der Waals surface area contributed by atoms with Crippen LogP contribution in [0.2, 0.25) is 0 Å². The Balaban J connectivity index is 2.67. The molecule has 0 aromatic heterocycles. The van der Waals surface area contributed by atoms with E-state index in [-0.39, 0.29) is 24.3 Å². The lowest BCUT2D eigenvalue weighted by Crippen LogP contribution is -2.44. The van der Waals surface area contributed by atoms with Gasteiger partial charge in [0.05, 0.1) is 11.9 Å². The molecule has 1 saturated carbocycles. The topological polar surface area (TPSA) is 104 Å². The van der Waals surface area contributed by atoms with Crippen LogP contribution in [0.3, 0.4) is 0 Å². The molecule has 3 unspecified atom stereocenters. The molecule has 1 aliphatic rings. The molecule has 0 aliphatic heterocycles. The van der Waals surface area contributed by atoms with Crippen molar-refractivity contribution in [3.05, 3.63) is 0 Å². The standard InChI is InChI=1S/C14H27NO5S/c1-10-5-4-6-14(3,9-11(2)12(10)16)13(17)15-7-8-21(18,19)20/h10-12,16H,4-9H2,1-3H3,(H,15,17)(H,18,19,20)/t10?,11-,12?,14?/m1/s1. The molecular weight excluding hydrogens is 294 g/mol. The summed E-state index contributed by atoms with van der Waals surface area (Å²) in [5.41, 5.74) is -0.611. The highest BCUT2D eigenvalue weighted by Crippen LogP contribution is 2.38. The Bertz CT molecular complexity index is 464. The van der Waals surface area contributed by atoms with Crippen LogP contribution in [0.15, 0.2) is 0 Å². The van der Waals surface area contributed by atoms with Crippen molar-refractivity contribution in [2.75, 3.05) is 12.3 Å². The van der Waals surface area contributed by atoms with E-state index in [4.69, 9.17) is 4.55 Å². The van der Waals surface area contributed by atoms with Crippen LogP contribution in [0.25, 0.3) is 0 Å². The maximum Gasteiger partial charge on any atom is 0.266 e. The van der Waals surface area contributed by atoms with E-state index in [9.17, 15) is 18.3 Å². The number of rotatable bonds is 4. The molecule has 0 spiro atoms. The summed E-state index contributed by atoms with van der Waals surface area (Å²) in [6, 6.07) is 0. The molecule has 4 atom stereocenters. The summed E-state index contributed by atoms with van der Waals surface area (Å²) in [4.78, 5) is 12.3. The fourth-order valence-electron chi connectivity index (χ4n) is 3.19. The Kier molecular flexibility index (Phi) is 6.19. The number of aliphatic hydroxyl groups excluding tert-OH is 1. The van der Waals surface area contributed by atoms with Gasteiger partial charge in [-0.05, 0) is 31.1 Å². The van der Waals surface area contributed by atoms with Gasteiger partial charge in [0.25, 0.3) is 10.1 Å². The van der Waals surface area contributed by atoms with Gasteiger partial charge in [-0.3, -0.25) is 9.35 Å². The van der Waals surface area contributed by atoms with Gasteiger partial charge >= 0.3 is 0 Å². The number of hydrogen-bond donors (Lipinski definition) is 3. The van der Waals surface area contributed by atoms with E-state index in [1.807, 2.05) is 20.8 Å². The Morgan fingerprint density at radius 2 is 1.95 bits per heavy atom. The minimum atomic E-state index is -4.06. The Morgan fingerprint density at radius 3 is 2.52 bits per heavy atom. The smallest absolute Gasteiger partial charge is 0.266 e. The van der Waals surface area contributed by atoms with E-state index in [0.717, 1.165) is 12.8 Å². The third kappa shape index (κ3) is 5.56. The summed E-state index contributed by atoms with van der Waals surface area (Å²) in [6.45, 7) is 5.72. The molecule has 1 aliphatic carbocycles. The van der Waals surface area contributed by atoms with Crippen LogP contribution in [0.5, 0.6) is 0 Å². The third-order valence-corrected chi connectivity index (χ3v) is 5.24. The molecule has 0 aromatic carbocycles. The highest BCUT2D eigenvalue weighted by Gasteiger charge is 2.38. The first kappa shape index (κ1) is 18.4. The maximum absolute atomic E-state index is 12.3. The molecule has 124 valence electrons. The van der Waals surface area contributed by atoms with E-state index in [0.29, 0.717) is 12.8 Å². The zero-order valence-electron chi connectivity index (χ0n) is 13.0. The van der Waals surface area contributed by atoms with Gasteiger partial charge in [0.2, 0.25) is 5.91 Å². The number of amides is 1. The minimum Gasteiger partial charge on any atom is -0.393 e. The summed E-state index contributed by atoms with van der Waals surface area (Å²) >= 11 is 0. The number of carbonyl (C=O) groups is 1. The van der Waals surface area contributed by atoms with Gasteiger partial charge in [-0.25, -0.2) is 0 Å². The first-order chi connectivity index (χ1) is 9.55. The van der Waals surface area contributed by atoms with Crippen LogP contribution in [0.4, 0.5) is 0 Å². The van der Waals surface area contributed by atoms with Gasteiger partial charge in [0.1, 0.15) is 0 Å². The molecule has 0 bridgehead atoms. The average Bonchev–Trinajstić information content (AvgIpc) is 2.34. The van der Waals surface area contributed by atoms with Crippen molar-refractivity contribution in [3.8, 4) is 0 Å². The van der Waals surface area contributed by atoms with Crippen molar-refractivity contribution >= 4 is 16.0 Å². The molecule has 3 N–H and O–H groups in total. The van der Waals surface area contributed by atoms with E-state index in [1.54, 1.807) is 0 Å². The average molecular weight is 321 g/mol. The maximum atomic E-state index is 12.3. The van der Waals surface area contributed by atoms with Crippen molar-refractivity contribution in [3.63, 3.8) is 0 Å². The van der Waals surface area contributed by atoms with Crippen LogP contribution in [-0.4, -0.2) is 42.4 Å². The molecule has 0 saturated heterocycles. The fraction of sp³-hybridized carbons (Fsp3) is 0.929. The summed E-state index contributed by atoms with van der Waals surface area (Å²) in [6.07, 6.45) is 2.59. The van der Waals surface area contributed by atoms with E-state index < -0.39 is 27.4 Å². The van der Waals surface area contributed by atoms with E-state index in [1.165, 1.54) is 0 Å². The predicted octanol–water partition coefficient (Wildman–Crippen LogP) is 1.20. The fourth-order valence-corrected chi connectivity index (χ4v) is 3.55. The number of aliphatic hydroxyl groups is 1. The largest absolute Gasteiger partial charge is 0.393 e. The summed E-state index contributed by atoms with van der Waals surface area (Å²) < 4.78 is 30.0. The summed E-state index contributed by atoms with van der Waals surface area (Å²) in [5, 5.41) is 12.8. The van der Waals surface area contributed by atoms with Gasteiger partial charge in [0, 0.05) is 12.0 Å². The van der Waals surface area contributed by atoms with Crippen molar-refractivity contribution < 1.29 is 22.9 Å². The molecule has 21 heavy (non-hydrogen) atoms. The van der Waals surface area contributed by atoms with Crippen LogP contribution in [0.1, 0.15) is 46.5 Å². The van der Waals surface area contributed by atoms with Gasteiger partial charge in [-0.2, -0.15) is 8.42 Å². The van der Waals surface area contributed by atoms with Crippen LogP contribution in [-0.2, 0) is 14.9 Å². The number of nitrogens with one attached hydrogen (secondary N) is 1. The molecule has 1 amide bonds. The van der Waals surface area contributed by atoms with Crippen LogP contribution in [0, 0.1) is 17.3 Å². The molecule has 7 heteroatoms. The second-order valence-corrected chi connectivity index (χ2v) is 8.22. The Labute approximate surface area is 127 Å². The molecule has 0 aromatic rings.